The van der Waals surface area contributed by atoms with Crippen LogP contribution < -0.4 is 9.64 Å². The fourth-order valence-electron chi connectivity index (χ4n) is 5.01. The molecule has 6 nitrogen and oxygen atoms in total. The highest BCUT2D eigenvalue weighted by molar-refractivity contribution is 6.33. The topological polar surface area (TPSA) is 63.3 Å². The van der Waals surface area contributed by atoms with E-state index in [9.17, 15) is 0 Å². The van der Waals surface area contributed by atoms with Crippen LogP contribution in [0.1, 0.15) is 46.5 Å². The van der Waals surface area contributed by atoms with Crippen LogP contribution >= 0.6 is 11.6 Å². The number of H-pyrrole nitrogens is 1. The summed E-state index contributed by atoms with van der Waals surface area (Å²) in [4.78, 5) is 15.0. The molecule has 1 aromatic carbocycles. The van der Waals surface area contributed by atoms with Gasteiger partial charge in [-0.1, -0.05) is 44.5 Å². The van der Waals surface area contributed by atoms with Crippen molar-refractivity contribution in [3.8, 4) is 17.3 Å². The third-order valence-electron chi connectivity index (χ3n) is 7.10. The molecule has 1 N–H and O–H groups in total. The minimum atomic E-state index is 0.201. The average molecular weight is 469 g/mol. The summed E-state index contributed by atoms with van der Waals surface area (Å²) in [7, 11) is 0. The minimum absolute atomic E-state index is 0.201. The second kappa shape index (κ2) is 9.15. The van der Waals surface area contributed by atoms with Crippen molar-refractivity contribution >= 4 is 28.5 Å². The van der Waals surface area contributed by atoms with Crippen LogP contribution in [0.4, 0.5) is 5.69 Å². The number of benzene rings is 1. The number of hydrogen-bond donors (Lipinski definition) is 1. The van der Waals surface area contributed by atoms with Gasteiger partial charge in [-0.2, -0.15) is 4.98 Å². The third-order valence-corrected chi connectivity index (χ3v) is 7.39. The highest BCUT2D eigenvalue weighted by Crippen LogP contribution is 2.39. The maximum atomic E-state index is 6.61. The number of ether oxygens (including phenoxy) is 2. The van der Waals surface area contributed by atoms with Crippen molar-refractivity contribution in [2.45, 2.75) is 52.6 Å². The molecule has 1 aliphatic heterocycles. The SMILES string of the molecule is CC(C)(C)[C@H]1CC[C@H](Oc2nc3nc(-c4ccc(N5CCOCC5)cc4)c(Cl)cc3[nH]2)CC1. The summed E-state index contributed by atoms with van der Waals surface area (Å²) in [5, 5.41) is 0.600. The third kappa shape index (κ3) is 4.97. The summed E-state index contributed by atoms with van der Waals surface area (Å²) in [6.07, 6.45) is 4.72. The summed E-state index contributed by atoms with van der Waals surface area (Å²) >= 11 is 6.61. The fraction of sp³-hybridized carbons (Fsp3) is 0.538. The summed E-state index contributed by atoms with van der Waals surface area (Å²) in [5.41, 5.74) is 4.70. The Balaban J connectivity index is 1.30. The number of morpholine rings is 1. The second-order valence-electron chi connectivity index (χ2n) is 10.3. The van der Waals surface area contributed by atoms with Gasteiger partial charge in [0.1, 0.15) is 6.10 Å². The number of imidazole rings is 1. The predicted molar refractivity (Wildman–Crippen MR) is 133 cm³/mol. The second-order valence-corrected chi connectivity index (χ2v) is 10.7. The number of pyridine rings is 1. The first-order valence-electron chi connectivity index (χ1n) is 12.0. The Morgan fingerprint density at radius 3 is 2.39 bits per heavy atom. The van der Waals surface area contributed by atoms with Crippen molar-refractivity contribution in [2.75, 3.05) is 31.2 Å². The Bertz CT molecular complexity index is 1090. The number of rotatable bonds is 4. The molecule has 0 unspecified atom stereocenters. The van der Waals surface area contributed by atoms with E-state index in [1.54, 1.807) is 0 Å². The Kier molecular flexibility index (Phi) is 6.23. The lowest BCUT2D eigenvalue weighted by Crippen LogP contribution is -2.36. The van der Waals surface area contributed by atoms with Crippen LogP contribution in [0.3, 0.4) is 0 Å². The Morgan fingerprint density at radius 1 is 1.03 bits per heavy atom. The van der Waals surface area contributed by atoms with Crippen LogP contribution in [-0.4, -0.2) is 47.4 Å². The smallest absolute Gasteiger partial charge is 0.296 e. The first kappa shape index (κ1) is 22.5. The van der Waals surface area contributed by atoms with E-state index < -0.39 is 0 Å². The normalized spacial score (nSPS) is 22.0. The molecule has 1 saturated carbocycles. The standard InChI is InChI=1S/C26H33ClN4O2/c1-26(2,3)18-6-10-20(11-7-18)33-25-28-22-16-21(27)23(29-24(22)30-25)17-4-8-19(9-5-17)31-12-14-32-15-13-31/h4-5,8-9,16,18,20H,6-7,10-15H2,1-3H3,(H,28,29,30)/t18-,20-. The summed E-state index contributed by atoms with van der Waals surface area (Å²) in [6, 6.07) is 10.8. The average Bonchev–Trinajstić information content (AvgIpc) is 3.20. The van der Waals surface area contributed by atoms with Crippen LogP contribution in [0, 0.1) is 11.3 Å². The van der Waals surface area contributed by atoms with E-state index in [-0.39, 0.29) is 6.10 Å². The van der Waals surface area contributed by atoms with Crippen LogP contribution in [0.2, 0.25) is 5.02 Å². The molecule has 3 aromatic rings. The van der Waals surface area contributed by atoms with Gasteiger partial charge < -0.3 is 19.4 Å². The maximum absolute atomic E-state index is 6.61. The summed E-state index contributed by atoms with van der Waals surface area (Å²) < 4.78 is 11.7. The first-order chi connectivity index (χ1) is 15.9. The van der Waals surface area contributed by atoms with Gasteiger partial charge in [0.15, 0.2) is 5.65 Å². The Hall–Kier alpha value is -2.31. The van der Waals surface area contributed by atoms with Crippen LogP contribution in [0.15, 0.2) is 30.3 Å². The number of nitrogens with one attached hydrogen (secondary N) is 1. The number of anilines is 1. The lowest BCUT2D eigenvalue weighted by molar-refractivity contribution is 0.0826. The first-order valence-corrected chi connectivity index (χ1v) is 12.4. The molecule has 1 aliphatic carbocycles. The molecule has 0 spiro atoms. The summed E-state index contributed by atoms with van der Waals surface area (Å²) in [5.74, 6) is 0.755. The highest BCUT2D eigenvalue weighted by Gasteiger charge is 2.30. The van der Waals surface area contributed by atoms with E-state index in [0.29, 0.717) is 22.1 Å². The van der Waals surface area contributed by atoms with E-state index in [0.717, 1.165) is 61.8 Å². The molecule has 3 heterocycles. The van der Waals surface area contributed by atoms with Crippen LogP contribution in [0.5, 0.6) is 6.01 Å². The van der Waals surface area contributed by atoms with E-state index in [1.807, 2.05) is 6.07 Å². The fourth-order valence-corrected chi connectivity index (χ4v) is 5.27. The van der Waals surface area contributed by atoms with Crippen molar-refractivity contribution in [3.63, 3.8) is 0 Å². The molecule has 2 fully saturated rings. The number of nitrogens with zero attached hydrogens (tertiary/aromatic N) is 3. The largest absolute Gasteiger partial charge is 0.461 e. The van der Waals surface area contributed by atoms with Gasteiger partial charge in [0.05, 0.1) is 29.4 Å². The van der Waals surface area contributed by atoms with Gasteiger partial charge >= 0.3 is 0 Å². The lowest BCUT2D eigenvalue weighted by atomic mass is 9.72. The molecule has 7 heteroatoms. The molecular weight excluding hydrogens is 436 g/mol. The molecule has 0 amide bonds. The van der Waals surface area contributed by atoms with E-state index in [1.165, 1.54) is 18.5 Å². The Morgan fingerprint density at radius 2 is 1.73 bits per heavy atom. The zero-order valence-electron chi connectivity index (χ0n) is 19.7. The van der Waals surface area contributed by atoms with Gasteiger partial charge in [-0.05, 0) is 55.2 Å². The maximum Gasteiger partial charge on any atom is 0.296 e. The quantitative estimate of drug-likeness (QED) is 0.501. The van der Waals surface area contributed by atoms with Gasteiger partial charge in [-0.15, -0.1) is 0 Å². The molecule has 2 aromatic heterocycles. The Labute approximate surface area is 200 Å². The molecule has 0 radical (unpaired) electrons. The molecule has 5 rings (SSSR count). The summed E-state index contributed by atoms with van der Waals surface area (Å²) in [6.45, 7) is 10.4. The van der Waals surface area contributed by atoms with Gasteiger partial charge in [0.25, 0.3) is 6.01 Å². The molecular formula is C26H33ClN4O2. The highest BCUT2D eigenvalue weighted by atomic mass is 35.5. The van der Waals surface area contributed by atoms with Gasteiger partial charge in [0, 0.05) is 24.3 Å². The zero-order valence-corrected chi connectivity index (χ0v) is 20.5. The van der Waals surface area contributed by atoms with Crippen molar-refractivity contribution in [2.24, 2.45) is 11.3 Å². The van der Waals surface area contributed by atoms with Crippen LogP contribution in [-0.2, 0) is 4.74 Å². The predicted octanol–water partition coefficient (Wildman–Crippen LogP) is 6.10. The number of aromatic amines is 1. The van der Waals surface area contributed by atoms with Gasteiger partial charge in [-0.25, -0.2) is 4.98 Å². The molecule has 33 heavy (non-hydrogen) atoms. The van der Waals surface area contributed by atoms with Crippen molar-refractivity contribution in [1.29, 1.82) is 0 Å². The van der Waals surface area contributed by atoms with E-state index >= 15 is 0 Å². The number of fused-ring (bicyclic) bond motifs is 1. The number of halogens is 1. The zero-order chi connectivity index (χ0) is 23.0. The number of aromatic nitrogens is 3. The minimum Gasteiger partial charge on any atom is -0.461 e. The van der Waals surface area contributed by atoms with Crippen LogP contribution in [0.25, 0.3) is 22.4 Å². The van der Waals surface area contributed by atoms with E-state index in [4.69, 9.17) is 26.1 Å². The monoisotopic (exact) mass is 468 g/mol. The molecule has 0 atom stereocenters. The molecule has 1 saturated heterocycles. The molecule has 176 valence electrons. The molecule has 0 bridgehead atoms. The van der Waals surface area contributed by atoms with Crippen molar-refractivity contribution in [3.05, 3.63) is 35.4 Å². The molecule has 2 aliphatic rings. The van der Waals surface area contributed by atoms with Gasteiger partial charge in [0.2, 0.25) is 0 Å². The van der Waals surface area contributed by atoms with E-state index in [2.05, 4.69) is 59.9 Å². The van der Waals surface area contributed by atoms with Gasteiger partial charge in [-0.3, -0.25) is 0 Å². The van der Waals surface area contributed by atoms with Crippen molar-refractivity contribution in [1.82, 2.24) is 15.0 Å². The number of hydrogen-bond acceptors (Lipinski definition) is 5. The lowest BCUT2D eigenvalue weighted by Gasteiger charge is -2.36. The van der Waals surface area contributed by atoms with Crippen molar-refractivity contribution < 1.29 is 9.47 Å².